The zero-order chi connectivity index (χ0) is 24.7. The molecule has 1 fully saturated rings. The number of carbonyl (C=O) groups is 2. The summed E-state index contributed by atoms with van der Waals surface area (Å²) in [5, 5.41) is 14.1. The number of hydrogen-bond donors (Lipinski definition) is 3. The summed E-state index contributed by atoms with van der Waals surface area (Å²) in [6, 6.07) is 8.53. The van der Waals surface area contributed by atoms with E-state index in [1.54, 1.807) is 12.1 Å². The van der Waals surface area contributed by atoms with Crippen LogP contribution in [0.4, 0.5) is 18.9 Å². The van der Waals surface area contributed by atoms with Crippen molar-refractivity contribution < 1.29 is 27.9 Å². The minimum absolute atomic E-state index is 0.0751. The van der Waals surface area contributed by atoms with Crippen LogP contribution in [-0.4, -0.2) is 40.1 Å². The fourth-order valence-electron chi connectivity index (χ4n) is 3.22. The van der Waals surface area contributed by atoms with E-state index in [4.69, 9.17) is 63.1 Å². The molecule has 1 unspecified atom stereocenters. The minimum Gasteiger partial charge on any atom is -0.382 e. The summed E-state index contributed by atoms with van der Waals surface area (Å²) < 4.78 is 35.8. The van der Waals surface area contributed by atoms with Crippen LogP contribution in [0, 0.1) is 5.92 Å². The number of hydrogen-bond acceptors (Lipinski definition) is 3. The van der Waals surface area contributed by atoms with Crippen LogP contribution in [0.2, 0.25) is 15.1 Å². The van der Waals surface area contributed by atoms with Gasteiger partial charge in [0, 0.05) is 21.7 Å². The summed E-state index contributed by atoms with van der Waals surface area (Å²) in [4.78, 5) is 25.0. The van der Waals surface area contributed by atoms with E-state index in [0.29, 0.717) is 15.6 Å². The van der Waals surface area contributed by atoms with Crippen molar-refractivity contribution in [3.05, 3.63) is 62.6 Å². The van der Waals surface area contributed by atoms with Crippen molar-refractivity contribution in [1.29, 1.82) is 0 Å². The number of rotatable bonds is 6. The lowest BCUT2D eigenvalue weighted by atomic mass is 10.1. The molecule has 0 heterocycles. The lowest BCUT2D eigenvalue weighted by Crippen LogP contribution is -2.40. The van der Waals surface area contributed by atoms with Crippen LogP contribution in [0.15, 0.2) is 36.4 Å². The largest absolute Gasteiger partial charge is 0.416 e. The van der Waals surface area contributed by atoms with Crippen molar-refractivity contribution >= 4 is 75.5 Å². The van der Waals surface area contributed by atoms with Crippen molar-refractivity contribution in [3.8, 4) is 0 Å². The van der Waals surface area contributed by atoms with E-state index >= 15 is 0 Å². The summed E-state index contributed by atoms with van der Waals surface area (Å²) in [5.41, 5.74) is 0.489. The van der Waals surface area contributed by atoms with E-state index in [-0.39, 0.29) is 16.3 Å². The zero-order valence-electron chi connectivity index (χ0n) is 16.2. The topological polar surface area (TPSA) is 78.4 Å². The van der Waals surface area contributed by atoms with Gasteiger partial charge in [-0.1, -0.05) is 34.8 Å². The highest BCUT2D eigenvalue weighted by Crippen LogP contribution is 2.65. The Morgan fingerprint density at radius 3 is 2.24 bits per heavy atom. The Hall–Kier alpha value is -1.42. The van der Waals surface area contributed by atoms with Gasteiger partial charge in [0.25, 0.3) is 5.91 Å². The Balaban J connectivity index is 1.72. The van der Waals surface area contributed by atoms with Crippen LogP contribution in [0.1, 0.15) is 21.8 Å². The second-order valence-corrected chi connectivity index (χ2v) is 10.0. The molecule has 178 valence electrons. The summed E-state index contributed by atoms with van der Waals surface area (Å²) >= 11 is 30.6. The molecular weight excluding hydrogens is 550 g/mol. The first-order valence-electron chi connectivity index (χ1n) is 9.19. The highest BCUT2D eigenvalue weighted by Gasteiger charge is 2.67. The molecule has 13 heteroatoms. The van der Waals surface area contributed by atoms with E-state index in [0.717, 1.165) is 0 Å². The predicted octanol–water partition coefficient (Wildman–Crippen LogP) is 5.83. The van der Waals surface area contributed by atoms with Crippen LogP contribution >= 0.6 is 58.0 Å². The molecule has 2 amide bonds. The van der Waals surface area contributed by atoms with Crippen LogP contribution in [0.3, 0.4) is 0 Å². The first-order valence-corrected chi connectivity index (χ1v) is 11.1. The van der Waals surface area contributed by atoms with Gasteiger partial charge in [-0.3, -0.25) is 9.59 Å². The van der Waals surface area contributed by atoms with E-state index in [2.05, 4.69) is 5.32 Å². The average Bonchev–Trinajstić information content (AvgIpc) is 3.28. The Kier molecular flexibility index (Phi) is 7.68. The monoisotopic (exact) mass is 562 g/mol. The number of nitrogens with one attached hydrogen (secondary N) is 2. The normalized spacial score (nSPS) is 20.2. The molecule has 0 aromatic heterocycles. The quantitative estimate of drug-likeness (QED) is 0.387. The van der Waals surface area contributed by atoms with E-state index in [9.17, 15) is 22.8 Å². The number of benzene rings is 2. The van der Waals surface area contributed by atoms with E-state index in [1.807, 2.05) is 5.32 Å². The Morgan fingerprint density at radius 2 is 1.67 bits per heavy atom. The van der Waals surface area contributed by atoms with Gasteiger partial charge < -0.3 is 15.7 Å². The number of halogens is 8. The van der Waals surface area contributed by atoms with Crippen molar-refractivity contribution in [2.45, 2.75) is 22.5 Å². The molecule has 3 N–H and O–H groups in total. The molecule has 5 nitrogen and oxygen atoms in total. The number of aliphatic hydroxyl groups is 1. The smallest absolute Gasteiger partial charge is 0.382 e. The fraction of sp³-hybridized carbons (Fsp3) is 0.300. The molecule has 0 spiro atoms. The first kappa shape index (κ1) is 26.2. The predicted molar refractivity (Wildman–Crippen MR) is 122 cm³/mol. The van der Waals surface area contributed by atoms with Crippen molar-refractivity contribution in [3.63, 3.8) is 0 Å². The number of aliphatic hydroxyl groups excluding tert-OH is 1. The Bertz CT molecular complexity index is 1080. The lowest BCUT2D eigenvalue weighted by Gasteiger charge is -2.15. The van der Waals surface area contributed by atoms with Crippen LogP contribution in [0.5, 0.6) is 0 Å². The van der Waals surface area contributed by atoms with Gasteiger partial charge >= 0.3 is 6.18 Å². The lowest BCUT2D eigenvalue weighted by molar-refractivity contribution is -0.201. The Morgan fingerprint density at radius 1 is 1.06 bits per heavy atom. The molecule has 2 aromatic rings. The SMILES string of the molecule is O=C(NCC(O)C(F)(F)F)c1cc(NC(=O)[C@@H]2[C@@H](c3cc(Cl)cc(Cl)c3)C2(Cl)Cl)ccc1Cl. The van der Waals surface area contributed by atoms with Crippen LogP contribution < -0.4 is 10.6 Å². The third kappa shape index (κ3) is 5.99. The molecule has 0 radical (unpaired) electrons. The second-order valence-electron chi connectivity index (χ2n) is 7.28. The molecule has 1 aliphatic carbocycles. The number of alkyl halides is 5. The van der Waals surface area contributed by atoms with Gasteiger partial charge in [0.2, 0.25) is 5.91 Å². The first-order chi connectivity index (χ1) is 15.2. The third-order valence-corrected chi connectivity index (χ3v) is 6.60. The maximum Gasteiger partial charge on any atom is 0.416 e. The average molecular weight is 565 g/mol. The summed E-state index contributed by atoms with van der Waals surface area (Å²) in [5.74, 6) is -3.01. The van der Waals surface area contributed by atoms with Crippen LogP contribution in [-0.2, 0) is 4.79 Å². The number of anilines is 1. The van der Waals surface area contributed by atoms with Gasteiger partial charge in [0.1, 0.15) is 4.33 Å². The van der Waals surface area contributed by atoms with Gasteiger partial charge in [-0.05, 0) is 42.0 Å². The molecule has 1 saturated carbocycles. The number of carbonyl (C=O) groups excluding carboxylic acids is 2. The molecule has 0 aliphatic heterocycles. The second kappa shape index (κ2) is 9.68. The van der Waals surface area contributed by atoms with Crippen molar-refractivity contribution in [2.75, 3.05) is 11.9 Å². The summed E-state index contributed by atoms with van der Waals surface area (Å²) in [7, 11) is 0. The summed E-state index contributed by atoms with van der Waals surface area (Å²) in [6.07, 6.45) is -7.63. The van der Waals surface area contributed by atoms with E-state index < -0.39 is 46.8 Å². The van der Waals surface area contributed by atoms with Gasteiger partial charge in [-0.15, -0.1) is 23.2 Å². The molecule has 33 heavy (non-hydrogen) atoms. The third-order valence-electron chi connectivity index (χ3n) is 4.89. The van der Waals surface area contributed by atoms with E-state index in [1.165, 1.54) is 24.3 Å². The molecule has 0 saturated heterocycles. The zero-order valence-corrected chi connectivity index (χ0v) is 20.0. The van der Waals surface area contributed by atoms with Crippen LogP contribution in [0.25, 0.3) is 0 Å². The number of amides is 2. The molecule has 3 atom stereocenters. The fourth-order valence-corrected chi connectivity index (χ4v) is 4.79. The van der Waals surface area contributed by atoms with Gasteiger partial charge in [-0.25, -0.2) is 0 Å². The molecule has 2 aromatic carbocycles. The molecule has 0 bridgehead atoms. The minimum atomic E-state index is -4.89. The standard InChI is InChI=1S/C20H14Cl5F3N2O3/c21-9-3-8(4-10(22)5-9)15-16(19(15,24)25)18(33)30-11-1-2-13(23)12(6-11)17(32)29-7-14(31)20(26,27)28/h1-6,14-16,31H,7H2,(H,29,32)(H,30,33)/t14?,15-,16+/m1/s1. The molecular formula is C20H14Cl5F3N2O3. The summed E-state index contributed by atoms with van der Waals surface area (Å²) in [6.45, 7) is -1.07. The van der Waals surface area contributed by atoms with Gasteiger partial charge in [0.15, 0.2) is 6.10 Å². The highest BCUT2D eigenvalue weighted by molar-refractivity contribution is 6.53. The molecule has 3 rings (SSSR count). The van der Waals surface area contributed by atoms with Gasteiger partial charge in [-0.2, -0.15) is 13.2 Å². The molecule has 1 aliphatic rings. The maximum atomic E-state index is 12.8. The van der Waals surface area contributed by atoms with Crippen molar-refractivity contribution in [1.82, 2.24) is 5.32 Å². The van der Waals surface area contributed by atoms with Crippen molar-refractivity contribution in [2.24, 2.45) is 5.92 Å². The highest BCUT2D eigenvalue weighted by atomic mass is 35.5. The maximum absolute atomic E-state index is 12.8. The van der Waals surface area contributed by atoms with Gasteiger partial charge in [0.05, 0.1) is 23.0 Å². The Labute approximate surface area is 211 Å².